The fraction of sp³-hybridized carbons (Fsp3) is 0.400. The molecule has 0 unspecified atom stereocenters. The van der Waals surface area contributed by atoms with Crippen LogP contribution in [0.15, 0.2) is 47.8 Å². The van der Waals surface area contributed by atoms with E-state index in [-0.39, 0.29) is 11.9 Å². The molecule has 0 saturated carbocycles. The molecular formula is C20H26N4O2S. The number of carbonyl (C=O) groups is 2. The van der Waals surface area contributed by atoms with Gasteiger partial charge in [-0.2, -0.15) is 0 Å². The van der Waals surface area contributed by atoms with Gasteiger partial charge in [0.2, 0.25) is 5.91 Å². The lowest BCUT2D eigenvalue weighted by Crippen LogP contribution is -2.53. The molecule has 2 aromatic rings. The van der Waals surface area contributed by atoms with Crippen LogP contribution in [0.2, 0.25) is 0 Å². The minimum Gasteiger partial charge on any atom is -0.351 e. The summed E-state index contributed by atoms with van der Waals surface area (Å²) < 4.78 is 0. The second-order valence-electron chi connectivity index (χ2n) is 6.59. The largest absolute Gasteiger partial charge is 0.351 e. The first-order valence-electron chi connectivity index (χ1n) is 9.29. The van der Waals surface area contributed by atoms with E-state index in [0.717, 1.165) is 25.1 Å². The van der Waals surface area contributed by atoms with Crippen molar-refractivity contribution in [1.82, 2.24) is 20.4 Å². The van der Waals surface area contributed by atoms with Crippen molar-refractivity contribution in [2.45, 2.75) is 13.0 Å². The van der Waals surface area contributed by atoms with Gasteiger partial charge in [0.1, 0.15) is 0 Å². The van der Waals surface area contributed by atoms with E-state index in [9.17, 15) is 9.59 Å². The minimum absolute atomic E-state index is 0.0141. The second kappa shape index (κ2) is 10.1. The quantitative estimate of drug-likeness (QED) is 0.764. The van der Waals surface area contributed by atoms with E-state index in [1.165, 1.54) is 4.88 Å². The van der Waals surface area contributed by atoms with Crippen molar-refractivity contribution in [1.29, 1.82) is 0 Å². The average Bonchev–Trinajstić information content (AvgIpc) is 3.21. The second-order valence-corrected chi connectivity index (χ2v) is 7.62. The van der Waals surface area contributed by atoms with Gasteiger partial charge in [-0.1, -0.05) is 36.4 Å². The number of nitrogens with zero attached hydrogens (tertiary/aromatic N) is 2. The predicted molar refractivity (Wildman–Crippen MR) is 108 cm³/mol. The van der Waals surface area contributed by atoms with E-state index in [2.05, 4.69) is 21.6 Å². The molecule has 0 aliphatic carbocycles. The van der Waals surface area contributed by atoms with Gasteiger partial charge in [-0.25, -0.2) is 4.79 Å². The predicted octanol–water partition coefficient (Wildman–Crippen LogP) is 1.93. The summed E-state index contributed by atoms with van der Waals surface area (Å²) in [6.07, 6.45) is 0.866. The number of benzene rings is 1. The van der Waals surface area contributed by atoms with Crippen LogP contribution in [0.4, 0.5) is 4.79 Å². The molecule has 1 aliphatic heterocycles. The Morgan fingerprint density at radius 3 is 2.44 bits per heavy atom. The zero-order valence-electron chi connectivity index (χ0n) is 15.4. The molecule has 1 aromatic heterocycles. The van der Waals surface area contributed by atoms with E-state index in [1.807, 2.05) is 46.7 Å². The Morgan fingerprint density at radius 1 is 0.963 bits per heavy atom. The maximum absolute atomic E-state index is 12.2. The smallest absolute Gasteiger partial charge is 0.317 e. The first-order valence-corrected chi connectivity index (χ1v) is 10.2. The van der Waals surface area contributed by atoms with E-state index in [1.54, 1.807) is 11.3 Å². The molecule has 27 heavy (non-hydrogen) atoms. The zero-order chi connectivity index (χ0) is 18.9. The van der Waals surface area contributed by atoms with E-state index in [0.29, 0.717) is 32.7 Å². The van der Waals surface area contributed by atoms with Crippen molar-refractivity contribution >= 4 is 23.3 Å². The Bertz CT molecular complexity index is 713. The number of amides is 3. The maximum atomic E-state index is 12.2. The Hall–Kier alpha value is -2.38. The Balaban J connectivity index is 1.31. The fourth-order valence-corrected chi connectivity index (χ4v) is 3.73. The van der Waals surface area contributed by atoms with Crippen molar-refractivity contribution in [3.8, 4) is 0 Å². The van der Waals surface area contributed by atoms with E-state index < -0.39 is 0 Å². The van der Waals surface area contributed by atoms with Gasteiger partial charge in [-0.15, -0.1) is 11.3 Å². The molecule has 3 amide bonds. The molecule has 3 rings (SSSR count). The molecule has 1 aliphatic rings. The summed E-state index contributed by atoms with van der Waals surface area (Å²) >= 11 is 1.71. The molecular weight excluding hydrogens is 360 g/mol. The monoisotopic (exact) mass is 386 g/mol. The van der Waals surface area contributed by atoms with Crippen molar-refractivity contribution in [3.63, 3.8) is 0 Å². The Kier molecular flexibility index (Phi) is 7.24. The molecule has 0 atom stereocenters. The summed E-state index contributed by atoms with van der Waals surface area (Å²) in [4.78, 5) is 29.5. The van der Waals surface area contributed by atoms with Crippen LogP contribution in [0.5, 0.6) is 0 Å². The highest BCUT2D eigenvalue weighted by Crippen LogP contribution is 2.08. The van der Waals surface area contributed by atoms with E-state index >= 15 is 0 Å². The number of hydrogen-bond acceptors (Lipinski definition) is 4. The van der Waals surface area contributed by atoms with Crippen LogP contribution < -0.4 is 10.6 Å². The molecule has 144 valence electrons. The third kappa shape index (κ3) is 6.37. The number of rotatable bonds is 7. The van der Waals surface area contributed by atoms with Crippen LogP contribution in [0.1, 0.15) is 10.4 Å². The van der Waals surface area contributed by atoms with Gasteiger partial charge in [0.15, 0.2) is 0 Å². The fourth-order valence-electron chi connectivity index (χ4n) is 3.02. The highest BCUT2D eigenvalue weighted by atomic mass is 32.1. The number of piperazine rings is 1. The summed E-state index contributed by atoms with van der Waals surface area (Å²) in [7, 11) is 0. The number of carbonyl (C=O) groups excluding carboxylic acids is 2. The summed E-state index contributed by atoms with van der Waals surface area (Å²) in [5.41, 5.74) is 1.09. The summed E-state index contributed by atoms with van der Waals surface area (Å²) in [6.45, 7) is 4.32. The van der Waals surface area contributed by atoms with Gasteiger partial charge in [0, 0.05) is 44.1 Å². The lowest BCUT2D eigenvalue weighted by molar-refractivity contribution is -0.122. The number of nitrogens with one attached hydrogen (secondary N) is 2. The number of urea groups is 1. The van der Waals surface area contributed by atoms with Crippen molar-refractivity contribution < 1.29 is 9.59 Å². The van der Waals surface area contributed by atoms with Crippen molar-refractivity contribution in [3.05, 3.63) is 58.3 Å². The summed E-state index contributed by atoms with van der Waals surface area (Å²) in [5.74, 6) is 0.0210. The number of thiophene rings is 1. The van der Waals surface area contributed by atoms with Gasteiger partial charge in [-0.05, 0) is 23.4 Å². The number of hydrogen-bond donors (Lipinski definition) is 2. The molecule has 7 heteroatoms. The zero-order valence-corrected chi connectivity index (χ0v) is 16.2. The molecule has 2 N–H and O–H groups in total. The first kappa shape index (κ1) is 19.4. The average molecular weight is 387 g/mol. The van der Waals surface area contributed by atoms with Gasteiger partial charge < -0.3 is 15.5 Å². The Morgan fingerprint density at radius 2 is 1.74 bits per heavy atom. The molecule has 1 saturated heterocycles. The Labute approximate surface area is 164 Å². The summed E-state index contributed by atoms with van der Waals surface area (Å²) in [6, 6.07) is 14.0. The normalized spacial score (nSPS) is 14.7. The van der Waals surface area contributed by atoms with Crippen LogP contribution in [0.25, 0.3) is 0 Å². The van der Waals surface area contributed by atoms with Gasteiger partial charge in [0.25, 0.3) is 0 Å². The summed E-state index contributed by atoms with van der Waals surface area (Å²) in [5, 5.41) is 7.98. The molecule has 0 bridgehead atoms. The van der Waals surface area contributed by atoms with Crippen molar-refractivity contribution in [2.24, 2.45) is 0 Å². The first-order chi connectivity index (χ1) is 13.2. The van der Waals surface area contributed by atoms with Crippen LogP contribution in [0, 0.1) is 0 Å². The molecule has 0 radical (unpaired) electrons. The van der Waals surface area contributed by atoms with E-state index in [4.69, 9.17) is 0 Å². The van der Waals surface area contributed by atoms with Crippen molar-refractivity contribution in [2.75, 3.05) is 39.3 Å². The lowest BCUT2D eigenvalue weighted by atomic mass is 10.2. The molecule has 6 nitrogen and oxygen atoms in total. The highest BCUT2D eigenvalue weighted by molar-refractivity contribution is 7.09. The SMILES string of the molecule is O=C(CN1CCN(C(=O)NCCc2cccs2)CC1)NCc1ccccc1. The van der Waals surface area contributed by atoms with Gasteiger partial charge in [-0.3, -0.25) is 9.69 Å². The van der Waals surface area contributed by atoms with Gasteiger partial charge in [0.05, 0.1) is 6.54 Å². The van der Waals surface area contributed by atoms with Crippen LogP contribution in [0.3, 0.4) is 0 Å². The molecule has 2 heterocycles. The van der Waals surface area contributed by atoms with Crippen LogP contribution in [-0.2, 0) is 17.8 Å². The topological polar surface area (TPSA) is 64.7 Å². The maximum Gasteiger partial charge on any atom is 0.317 e. The standard InChI is InChI=1S/C20H26N4O2S/c25-19(22-15-17-5-2-1-3-6-17)16-23-10-12-24(13-11-23)20(26)21-9-8-18-7-4-14-27-18/h1-7,14H,8-13,15-16H2,(H,21,26)(H,22,25). The van der Waals surface area contributed by atoms with Gasteiger partial charge >= 0.3 is 6.03 Å². The third-order valence-electron chi connectivity index (χ3n) is 4.59. The molecule has 1 aromatic carbocycles. The third-order valence-corrected chi connectivity index (χ3v) is 5.52. The molecule has 0 spiro atoms. The minimum atomic E-state index is -0.0141. The van der Waals surface area contributed by atoms with Crippen LogP contribution in [-0.4, -0.2) is 61.0 Å². The lowest BCUT2D eigenvalue weighted by Gasteiger charge is -2.34. The highest BCUT2D eigenvalue weighted by Gasteiger charge is 2.22. The molecule has 1 fully saturated rings. The van der Waals surface area contributed by atoms with Crippen LogP contribution >= 0.6 is 11.3 Å².